The van der Waals surface area contributed by atoms with Crippen molar-refractivity contribution in [3.63, 3.8) is 0 Å². The van der Waals surface area contributed by atoms with Crippen LogP contribution in [-0.4, -0.2) is 23.0 Å². The predicted molar refractivity (Wildman–Crippen MR) is 68.9 cm³/mol. The molecule has 2 N–H and O–H groups in total. The van der Waals surface area contributed by atoms with Crippen molar-refractivity contribution in [2.45, 2.75) is 26.4 Å². The van der Waals surface area contributed by atoms with Crippen LogP contribution in [0, 0.1) is 5.82 Å². The minimum absolute atomic E-state index is 0.230. The largest absolute Gasteiger partial charge is 0.389 e. The Balaban J connectivity index is 2.92. The Morgan fingerprint density at radius 3 is 2.56 bits per heavy atom. The van der Waals surface area contributed by atoms with Crippen molar-refractivity contribution >= 4 is 17.2 Å². The van der Waals surface area contributed by atoms with E-state index >= 15 is 0 Å². The van der Waals surface area contributed by atoms with Crippen LogP contribution >= 0.6 is 12.2 Å². The smallest absolute Gasteiger partial charge is 0.124 e. The van der Waals surface area contributed by atoms with E-state index in [1.807, 2.05) is 13.1 Å². The van der Waals surface area contributed by atoms with Gasteiger partial charge in [0.05, 0.1) is 0 Å². The monoisotopic (exact) mass is 240 g/mol. The number of halogens is 1. The van der Waals surface area contributed by atoms with E-state index in [1.54, 1.807) is 0 Å². The molecule has 0 aliphatic heterocycles. The molecule has 0 spiro atoms. The highest BCUT2D eigenvalue weighted by molar-refractivity contribution is 7.80. The molecular weight excluding hydrogens is 223 g/mol. The van der Waals surface area contributed by atoms with Gasteiger partial charge >= 0.3 is 0 Å². The molecule has 1 rings (SSSR count). The third-order valence-corrected chi connectivity index (χ3v) is 2.79. The van der Waals surface area contributed by atoms with Gasteiger partial charge in [-0.1, -0.05) is 12.2 Å². The molecule has 0 unspecified atom stereocenters. The fourth-order valence-electron chi connectivity index (χ4n) is 1.35. The molecule has 4 heteroatoms. The first-order chi connectivity index (χ1) is 7.40. The lowest BCUT2D eigenvalue weighted by atomic mass is 10.1. The molecule has 1 aromatic rings. The van der Waals surface area contributed by atoms with Gasteiger partial charge in [-0.15, -0.1) is 0 Å². The minimum Gasteiger partial charge on any atom is -0.389 e. The van der Waals surface area contributed by atoms with Gasteiger partial charge in [0, 0.05) is 18.2 Å². The van der Waals surface area contributed by atoms with E-state index < -0.39 is 0 Å². The Morgan fingerprint density at radius 2 is 2.06 bits per heavy atom. The molecule has 0 amide bonds. The summed E-state index contributed by atoms with van der Waals surface area (Å²) in [6.07, 6.45) is 0. The molecular formula is C12H17FN2S. The second-order valence-corrected chi connectivity index (χ2v) is 4.66. The highest BCUT2D eigenvalue weighted by atomic mass is 32.1. The number of thiocarbonyl (C=S) groups is 1. The molecule has 0 aromatic heterocycles. The molecule has 0 aliphatic rings. The number of rotatable bonds is 4. The number of hydrogen-bond acceptors (Lipinski definition) is 2. The summed E-state index contributed by atoms with van der Waals surface area (Å²) >= 11 is 4.84. The third kappa shape index (κ3) is 3.54. The Morgan fingerprint density at radius 1 is 1.44 bits per heavy atom. The number of benzene rings is 1. The first-order valence-electron chi connectivity index (χ1n) is 5.19. The molecule has 0 atom stereocenters. The van der Waals surface area contributed by atoms with Gasteiger partial charge in [0.15, 0.2) is 0 Å². The maximum atomic E-state index is 13.3. The SMILES string of the molecule is CC(C)N(C)Cc1cc(F)cc(C(N)=S)c1. The minimum atomic E-state index is -0.294. The van der Waals surface area contributed by atoms with E-state index in [4.69, 9.17) is 18.0 Å². The van der Waals surface area contributed by atoms with E-state index in [2.05, 4.69) is 18.7 Å². The molecule has 0 bridgehead atoms. The molecule has 1 aromatic carbocycles. The molecule has 0 aliphatic carbocycles. The molecule has 0 saturated heterocycles. The number of nitrogens with zero attached hydrogens (tertiary/aromatic N) is 1. The van der Waals surface area contributed by atoms with Gasteiger partial charge < -0.3 is 5.73 Å². The van der Waals surface area contributed by atoms with Crippen LogP contribution in [0.2, 0.25) is 0 Å². The predicted octanol–water partition coefficient (Wildman–Crippen LogP) is 2.30. The zero-order valence-electron chi connectivity index (χ0n) is 9.83. The number of nitrogens with two attached hydrogens (primary N) is 1. The molecule has 2 nitrogen and oxygen atoms in total. The van der Waals surface area contributed by atoms with Gasteiger partial charge in [0.25, 0.3) is 0 Å². The van der Waals surface area contributed by atoms with Crippen molar-refractivity contribution in [3.05, 3.63) is 35.1 Å². The first kappa shape index (κ1) is 13.1. The normalized spacial score (nSPS) is 11.1. The molecule has 0 radical (unpaired) electrons. The van der Waals surface area contributed by atoms with Crippen molar-refractivity contribution in [2.75, 3.05) is 7.05 Å². The fourth-order valence-corrected chi connectivity index (χ4v) is 1.47. The van der Waals surface area contributed by atoms with Crippen LogP contribution < -0.4 is 5.73 Å². The summed E-state index contributed by atoms with van der Waals surface area (Å²) in [6.45, 7) is 4.87. The maximum Gasteiger partial charge on any atom is 0.124 e. The van der Waals surface area contributed by atoms with Crippen LogP contribution in [0.1, 0.15) is 25.0 Å². The standard InChI is InChI=1S/C12H17FN2S/c1-8(2)15(3)7-9-4-10(12(14)16)6-11(13)5-9/h4-6,8H,7H2,1-3H3,(H2,14,16). The quantitative estimate of drug-likeness (QED) is 0.819. The maximum absolute atomic E-state index is 13.3. The molecule has 16 heavy (non-hydrogen) atoms. The zero-order chi connectivity index (χ0) is 12.3. The number of hydrogen-bond donors (Lipinski definition) is 1. The van der Waals surface area contributed by atoms with Crippen LogP contribution in [0.25, 0.3) is 0 Å². The van der Waals surface area contributed by atoms with Crippen LogP contribution in [0.5, 0.6) is 0 Å². The Kier molecular flexibility index (Phi) is 4.38. The Bertz CT molecular complexity index is 391. The molecule has 0 heterocycles. The van der Waals surface area contributed by atoms with E-state index in [9.17, 15) is 4.39 Å². The van der Waals surface area contributed by atoms with Gasteiger partial charge in [-0.2, -0.15) is 0 Å². The van der Waals surface area contributed by atoms with E-state index in [0.29, 0.717) is 18.2 Å². The fraction of sp³-hybridized carbons (Fsp3) is 0.417. The van der Waals surface area contributed by atoms with E-state index in [-0.39, 0.29) is 10.8 Å². The van der Waals surface area contributed by atoms with Crippen LogP contribution in [-0.2, 0) is 6.54 Å². The Labute approximate surface area is 101 Å². The van der Waals surface area contributed by atoms with E-state index in [1.165, 1.54) is 12.1 Å². The van der Waals surface area contributed by atoms with Gasteiger partial charge in [-0.05, 0) is 44.7 Å². The lowest BCUT2D eigenvalue weighted by Crippen LogP contribution is -2.25. The van der Waals surface area contributed by atoms with Crippen molar-refractivity contribution in [1.29, 1.82) is 0 Å². The lowest BCUT2D eigenvalue weighted by Gasteiger charge is -2.21. The summed E-state index contributed by atoms with van der Waals surface area (Å²) in [5.41, 5.74) is 6.97. The van der Waals surface area contributed by atoms with Gasteiger partial charge in [0.1, 0.15) is 10.8 Å². The summed E-state index contributed by atoms with van der Waals surface area (Å²) in [7, 11) is 2.00. The summed E-state index contributed by atoms with van der Waals surface area (Å²) in [4.78, 5) is 2.35. The summed E-state index contributed by atoms with van der Waals surface area (Å²) in [6, 6.07) is 5.13. The van der Waals surface area contributed by atoms with Crippen molar-refractivity contribution in [1.82, 2.24) is 4.90 Å². The van der Waals surface area contributed by atoms with Gasteiger partial charge in [0.2, 0.25) is 0 Å². The van der Waals surface area contributed by atoms with Crippen LogP contribution in [0.4, 0.5) is 4.39 Å². The Hall–Kier alpha value is -1.00. The summed E-state index contributed by atoms with van der Waals surface area (Å²) < 4.78 is 13.3. The average Bonchev–Trinajstić information content (AvgIpc) is 2.16. The van der Waals surface area contributed by atoms with Crippen LogP contribution in [0.3, 0.4) is 0 Å². The topological polar surface area (TPSA) is 29.3 Å². The van der Waals surface area contributed by atoms with Crippen molar-refractivity contribution in [2.24, 2.45) is 5.73 Å². The average molecular weight is 240 g/mol. The molecule has 0 fully saturated rings. The highest BCUT2D eigenvalue weighted by Gasteiger charge is 2.07. The second kappa shape index (κ2) is 5.37. The summed E-state index contributed by atoms with van der Waals surface area (Å²) in [5, 5.41) is 0. The van der Waals surface area contributed by atoms with Crippen LogP contribution in [0.15, 0.2) is 18.2 Å². The zero-order valence-corrected chi connectivity index (χ0v) is 10.6. The third-order valence-electron chi connectivity index (χ3n) is 2.56. The first-order valence-corrected chi connectivity index (χ1v) is 5.60. The lowest BCUT2D eigenvalue weighted by molar-refractivity contribution is 0.265. The highest BCUT2D eigenvalue weighted by Crippen LogP contribution is 2.12. The van der Waals surface area contributed by atoms with E-state index in [0.717, 1.165) is 5.56 Å². The summed E-state index contributed by atoms with van der Waals surface area (Å²) in [5.74, 6) is -0.294. The molecule has 0 saturated carbocycles. The van der Waals surface area contributed by atoms with Crippen molar-refractivity contribution < 1.29 is 4.39 Å². The second-order valence-electron chi connectivity index (χ2n) is 4.22. The molecule has 88 valence electrons. The van der Waals surface area contributed by atoms with Gasteiger partial charge in [-0.25, -0.2) is 4.39 Å². The van der Waals surface area contributed by atoms with Crippen molar-refractivity contribution in [3.8, 4) is 0 Å². The van der Waals surface area contributed by atoms with Gasteiger partial charge in [-0.3, -0.25) is 4.90 Å².